The van der Waals surface area contributed by atoms with E-state index in [0.717, 1.165) is 23.4 Å². The Morgan fingerprint density at radius 3 is 2.35 bits per heavy atom. The number of benzene rings is 3. The molecule has 40 heavy (non-hydrogen) atoms. The zero-order chi connectivity index (χ0) is 29.2. The van der Waals surface area contributed by atoms with Crippen molar-refractivity contribution in [3.63, 3.8) is 0 Å². The summed E-state index contributed by atoms with van der Waals surface area (Å²) in [5, 5.41) is 0.907. The third kappa shape index (κ3) is 5.51. The van der Waals surface area contributed by atoms with E-state index in [4.69, 9.17) is 32.7 Å². The van der Waals surface area contributed by atoms with Crippen LogP contribution in [0.4, 0.5) is 5.69 Å². The summed E-state index contributed by atoms with van der Waals surface area (Å²) in [5.41, 5.74) is 2.13. The van der Waals surface area contributed by atoms with Gasteiger partial charge in [-0.05, 0) is 87.6 Å². The number of fused-ring (bicyclic) bond motifs is 1. The summed E-state index contributed by atoms with van der Waals surface area (Å²) in [6.45, 7) is 5.96. The molecule has 0 N–H and O–H groups in total. The summed E-state index contributed by atoms with van der Waals surface area (Å²) in [6.07, 6.45) is 0. The number of hydrogen-bond acceptors (Lipinski definition) is 5. The van der Waals surface area contributed by atoms with Gasteiger partial charge in [-0.15, -0.1) is 0 Å². The quantitative estimate of drug-likeness (QED) is 0.298. The first-order chi connectivity index (χ1) is 19.0. The Labute approximate surface area is 246 Å². The highest BCUT2D eigenvalue weighted by Crippen LogP contribution is 2.49. The Kier molecular flexibility index (Phi) is 8.98. The first kappa shape index (κ1) is 29.7. The minimum Gasteiger partial charge on any atom is -0.497 e. The van der Waals surface area contributed by atoms with Gasteiger partial charge in [-0.2, -0.15) is 0 Å². The standard InChI is InChI=1S/C31H35Cl2N3O4/c1-7-35(15-14-34(3)4)29(37)20-9-12-26(33)24(16-20)31(2)25-17-22(32)10-13-27(25)36(30(31)38)19-21-8-11-23(39-5)18-28(21)40-6/h8-13,16-18H,7,14-15,19H2,1-6H3. The lowest BCUT2D eigenvalue weighted by atomic mass is 9.76. The first-order valence-electron chi connectivity index (χ1n) is 13.1. The van der Waals surface area contributed by atoms with Gasteiger partial charge in [0.1, 0.15) is 16.9 Å². The average Bonchev–Trinajstić information content (AvgIpc) is 3.15. The molecule has 1 unspecified atom stereocenters. The van der Waals surface area contributed by atoms with Crippen molar-refractivity contribution in [2.45, 2.75) is 25.8 Å². The summed E-state index contributed by atoms with van der Waals surface area (Å²) in [4.78, 5) is 33.4. The number of hydrogen-bond donors (Lipinski definition) is 0. The molecule has 1 aliphatic rings. The van der Waals surface area contributed by atoms with Gasteiger partial charge in [0.2, 0.25) is 5.91 Å². The number of amides is 2. The van der Waals surface area contributed by atoms with E-state index in [1.165, 1.54) is 0 Å². The highest BCUT2D eigenvalue weighted by Gasteiger charge is 2.50. The van der Waals surface area contributed by atoms with Crippen molar-refractivity contribution >= 4 is 40.7 Å². The summed E-state index contributed by atoms with van der Waals surface area (Å²) < 4.78 is 10.9. The molecule has 1 atom stereocenters. The van der Waals surface area contributed by atoms with E-state index in [1.807, 2.05) is 51.0 Å². The minimum atomic E-state index is -1.17. The third-order valence-corrected chi connectivity index (χ3v) is 8.09. The van der Waals surface area contributed by atoms with Gasteiger partial charge < -0.3 is 24.2 Å². The van der Waals surface area contributed by atoms with Crippen LogP contribution < -0.4 is 14.4 Å². The fraction of sp³-hybridized carbons (Fsp3) is 0.355. The minimum absolute atomic E-state index is 0.109. The smallest absolute Gasteiger partial charge is 0.253 e. The number of ether oxygens (including phenoxy) is 2. The van der Waals surface area contributed by atoms with Crippen LogP contribution in [0.5, 0.6) is 11.5 Å². The number of nitrogens with zero attached hydrogens (tertiary/aromatic N) is 3. The van der Waals surface area contributed by atoms with Gasteiger partial charge in [0.25, 0.3) is 5.91 Å². The number of likely N-dealkylation sites (N-methyl/N-ethyl adjacent to an activating group) is 2. The van der Waals surface area contributed by atoms with Crippen molar-refractivity contribution in [3.8, 4) is 11.5 Å². The molecular weight excluding hydrogens is 549 g/mol. The van der Waals surface area contributed by atoms with Crippen LogP contribution in [0.3, 0.4) is 0 Å². The van der Waals surface area contributed by atoms with Gasteiger partial charge in [0.15, 0.2) is 0 Å². The van der Waals surface area contributed by atoms with Gasteiger partial charge in [0, 0.05) is 52.6 Å². The molecular formula is C31H35Cl2N3O4. The molecule has 3 aromatic rings. The van der Waals surface area contributed by atoms with Crippen LogP contribution in [-0.4, -0.2) is 69.6 Å². The largest absolute Gasteiger partial charge is 0.497 e. The molecule has 1 aliphatic heterocycles. The van der Waals surface area contributed by atoms with Crippen LogP contribution in [-0.2, 0) is 16.8 Å². The number of rotatable bonds is 10. The summed E-state index contributed by atoms with van der Waals surface area (Å²) in [5.74, 6) is 0.987. The van der Waals surface area contributed by atoms with E-state index in [1.54, 1.807) is 60.4 Å². The molecule has 0 fully saturated rings. The predicted octanol–water partition coefficient (Wildman–Crippen LogP) is 5.89. The molecule has 212 valence electrons. The fourth-order valence-corrected chi connectivity index (χ4v) is 5.64. The Morgan fingerprint density at radius 1 is 0.950 bits per heavy atom. The van der Waals surface area contributed by atoms with E-state index in [2.05, 4.69) is 0 Å². The van der Waals surface area contributed by atoms with Gasteiger partial charge >= 0.3 is 0 Å². The maximum absolute atomic E-state index is 14.4. The number of anilines is 1. The Morgan fingerprint density at radius 2 is 1.70 bits per heavy atom. The van der Waals surface area contributed by atoms with E-state index in [0.29, 0.717) is 45.8 Å². The molecule has 7 nitrogen and oxygen atoms in total. The molecule has 3 aromatic carbocycles. The molecule has 2 amide bonds. The zero-order valence-corrected chi connectivity index (χ0v) is 25.3. The van der Waals surface area contributed by atoms with Crippen LogP contribution in [0.15, 0.2) is 54.6 Å². The van der Waals surface area contributed by atoms with E-state index in [-0.39, 0.29) is 18.4 Å². The van der Waals surface area contributed by atoms with Crippen molar-refractivity contribution in [1.29, 1.82) is 0 Å². The van der Waals surface area contributed by atoms with Gasteiger partial charge in [0.05, 0.1) is 20.8 Å². The van der Waals surface area contributed by atoms with Crippen LogP contribution in [0, 0.1) is 0 Å². The Hall–Kier alpha value is -3.26. The lowest BCUT2D eigenvalue weighted by molar-refractivity contribution is -0.121. The van der Waals surface area contributed by atoms with Gasteiger partial charge in [-0.25, -0.2) is 0 Å². The Bertz CT molecular complexity index is 1430. The molecule has 4 rings (SSSR count). The van der Waals surface area contributed by atoms with Crippen molar-refractivity contribution in [2.75, 3.05) is 52.8 Å². The van der Waals surface area contributed by atoms with Gasteiger partial charge in [-0.1, -0.05) is 23.2 Å². The summed E-state index contributed by atoms with van der Waals surface area (Å²) >= 11 is 13.2. The molecule has 0 spiro atoms. The van der Waals surface area contributed by atoms with Crippen LogP contribution in [0.1, 0.15) is 40.9 Å². The second-order valence-electron chi connectivity index (χ2n) is 10.2. The maximum atomic E-state index is 14.4. The van der Waals surface area contributed by atoms with E-state index >= 15 is 0 Å². The lowest BCUT2D eigenvalue weighted by Crippen LogP contribution is -2.39. The predicted molar refractivity (Wildman–Crippen MR) is 160 cm³/mol. The second-order valence-corrected chi connectivity index (χ2v) is 11.1. The monoisotopic (exact) mass is 583 g/mol. The highest BCUT2D eigenvalue weighted by atomic mass is 35.5. The topological polar surface area (TPSA) is 62.3 Å². The van der Waals surface area contributed by atoms with Crippen LogP contribution in [0.25, 0.3) is 0 Å². The Balaban J connectivity index is 1.78. The summed E-state index contributed by atoms with van der Waals surface area (Å²) in [7, 11) is 7.12. The molecule has 9 heteroatoms. The highest BCUT2D eigenvalue weighted by molar-refractivity contribution is 6.33. The van der Waals surface area contributed by atoms with Crippen molar-refractivity contribution in [2.24, 2.45) is 0 Å². The van der Waals surface area contributed by atoms with Crippen LogP contribution in [0.2, 0.25) is 10.0 Å². The van der Waals surface area contributed by atoms with Crippen molar-refractivity contribution in [1.82, 2.24) is 9.80 Å². The van der Waals surface area contributed by atoms with Crippen LogP contribution >= 0.6 is 23.2 Å². The lowest BCUT2D eigenvalue weighted by Gasteiger charge is -2.28. The molecule has 0 radical (unpaired) electrons. The number of carbonyl (C=O) groups is 2. The number of carbonyl (C=O) groups excluding carboxylic acids is 2. The first-order valence-corrected chi connectivity index (χ1v) is 13.9. The molecule has 0 aromatic heterocycles. The molecule has 0 saturated heterocycles. The molecule has 0 aliphatic carbocycles. The normalized spacial score (nSPS) is 16.3. The second kappa shape index (κ2) is 12.1. The molecule has 0 bridgehead atoms. The third-order valence-electron chi connectivity index (χ3n) is 7.52. The summed E-state index contributed by atoms with van der Waals surface area (Å²) in [6, 6.07) is 16.1. The fourth-order valence-electron chi connectivity index (χ4n) is 5.16. The van der Waals surface area contributed by atoms with Gasteiger partial charge in [-0.3, -0.25) is 9.59 Å². The molecule has 0 saturated carbocycles. The average molecular weight is 585 g/mol. The SMILES string of the molecule is CCN(CCN(C)C)C(=O)c1ccc(Cl)c(C2(C)C(=O)N(Cc3ccc(OC)cc3OC)c3ccc(Cl)cc32)c1. The zero-order valence-electron chi connectivity index (χ0n) is 23.8. The number of methoxy groups -OCH3 is 2. The number of halogens is 2. The van der Waals surface area contributed by atoms with E-state index < -0.39 is 5.41 Å². The maximum Gasteiger partial charge on any atom is 0.253 e. The molecule has 1 heterocycles. The van der Waals surface area contributed by atoms with Crippen molar-refractivity contribution < 1.29 is 19.1 Å². The van der Waals surface area contributed by atoms with Crippen molar-refractivity contribution in [3.05, 3.63) is 86.9 Å². The van der Waals surface area contributed by atoms with E-state index in [9.17, 15) is 9.59 Å².